The first-order valence-corrected chi connectivity index (χ1v) is 9.81. The third-order valence-corrected chi connectivity index (χ3v) is 5.61. The zero-order valence-electron chi connectivity index (χ0n) is 15.7. The second-order valence-corrected chi connectivity index (χ2v) is 7.36. The van der Waals surface area contributed by atoms with E-state index < -0.39 is 11.9 Å². The largest absolute Gasteiger partial charge is 0.494 e. The molecule has 1 aromatic heterocycles. The van der Waals surface area contributed by atoms with E-state index in [1.807, 2.05) is 19.9 Å². The molecule has 1 amide bonds. The Morgan fingerprint density at radius 3 is 2.54 bits per heavy atom. The number of esters is 1. The van der Waals surface area contributed by atoms with Gasteiger partial charge in [0, 0.05) is 10.6 Å². The van der Waals surface area contributed by atoms with Crippen molar-refractivity contribution in [3.05, 3.63) is 57.3 Å². The van der Waals surface area contributed by atoms with Crippen LogP contribution in [0.15, 0.2) is 41.4 Å². The molecule has 146 valence electrons. The highest BCUT2D eigenvalue weighted by Gasteiger charge is 2.15. The van der Waals surface area contributed by atoms with Gasteiger partial charge in [0.25, 0.3) is 5.91 Å². The minimum absolute atomic E-state index is 0.0624. The molecule has 0 saturated carbocycles. The zero-order valence-corrected chi connectivity index (χ0v) is 17.3. The highest BCUT2D eigenvalue weighted by atomic mass is 35.5. The third kappa shape index (κ3) is 4.10. The predicted molar refractivity (Wildman–Crippen MR) is 109 cm³/mol. The summed E-state index contributed by atoms with van der Waals surface area (Å²) in [6, 6.07) is 10.4. The van der Waals surface area contributed by atoms with Crippen LogP contribution in [0.2, 0.25) is 5.02 Å². The van der Waals surface area contributed by atoms with E-state index in [0.29, 0.717) is 27.7 Å². The van der Waals surface area contributed by atoms with Gasteiger partial charge in [0.1, 0.15) is 12.3 Å². The maximum Gasteiger partial charge on any atom is 0.325 e. The van der Waals surface area contributed by atoms with Gasteiger partial charge in [-0.2, -0.15) is 4.99 Å². The summed E-state index contributed by atoms with van der Waals surface area (Å²) in [5.41, 5.74) is 2.01. The smallest absolute Gasteiger partial charge is 0.325 e. The van der Waals surface area contributed by atoms with Crippen molar-refractivity contribution in [1.82, 2.24) is 4.57 Å². The van der Waals surface area contributed by atoms with E-state index in [0.717, 1.165) is 15.8 Å². The number of carbonyl (C=O) groups is 2. The summed E-state index contributed by atoms with van der Waals surface area (Å²) < 4.78 is 12.7. The molecule has 0 atom stereocenters. The molecule has 6 nitrogen and oxygen atoms in total. The molecule has 0 unspecified atom stereocenters. The number of amides is 1. The van der Waals surface area contributed by atoms with Crippen molar-refractivity contribution in [3.63, 3.8) is 0 Å². The Hall–Kier alpha value is -2.64. The number of ether oxygens (including phenoxy) is 2. The zero-order chi connectivity index (χ0) is 20.3. The number of methoxy groups -OCH3 is 1. The van der Waals surface area contributed by atoms with Crippen molar-refractivity contribution < 1.29 is 19.1 Å². The number of halogens is 1. The average Bonchev–Trinajstić information content (AvgIpc) is 3.03. The highest BCUT2D eigenvalue weighted by molar-refractivity contribution is 7.16. The number of aromatic nitrogens is 1. The highest BCUT2D eigenvalue weighted by Crippen LogP contribution is 2.27. The number of rotatable bonds is 5. The average molecular weight is 419 g/mol. The van der Waals surface area contributed by atoms with Gasteiger partial charge in [0.05, 0.1) is 23.9 Å². The van der Waals surface area contributed by atoms with Crippen LogP contribution in [0, 0.1) is 6.92 Å². The predicted octanol–water partition coefficient (Wildman–Crippen LogP) is 3.98. The summed E-state index contributed by atoms with van der Waals surface area (Å²) in [6.45, 7) is 4.25. The van der Waals surface area contributed by atoms with E-state index in [-0.39, 0.29) is 6.54 Å². The molecule has 2 aromatic carbocycles. The lowest BCUT2D eigenvalue weighted by Crippen LogP contribution is -2.22. The summed E-state index contributed by atoms with van der Waals surface area (Å²) in [5.74, 6) is -0.155. The van der Waals surface area contributed by atoms with Crippen LogP contribution in [-0.4, -0.2) is 30.2 Å². The van der Waals surface area contributed by atoms with E-state index >= 15 is 0 Å². The minimum atomic E-state index is -0.436. The first-order chi connectivity index (χ1) is 13.4. The second-order valence-electron chi connectivity index (χ2n) is 5.94. The summed E-state index contributed by atoms with van der Waals surface area (Å²) in [7, 11) is 1.32. The van der Waals surface area contributed by atoms with Gasteiger partial charge < -0.3 is 14.0 Å². The topological polar surface area (TPSA) is 69.9 Å². The van der Waals surface area contributed by atoms with Crippen LogP contribution < -0.4 is 9.54 Å². The molecule has 0 saturated heterocycles. The van der Waals surface area contributed by atoms with Crippen LogP contribution in [0.4, 0.5) is 0 Å². The summed E-state index contributed by atoms with van der Waals surface area (Å²) >= 11 is 7.57. The van der Waals surface area contributed by atoms with Crippen LogP contribution >= 0.6 is 22.9 Å². The summed E-state index contributed by atoms with van der Waals surface area (Å²) in [4.78, 5) is 29.2. The van der Waals surface area contributed by atoms with Gasteiger partial charge in [-0.05, 0) is 55.8 Å². The first kappa shape index (κ1) is 20.1. The van der Waals surface area contributed by atoms with Crippen molar-refractivity contribution >= 4 is 45.0 Å². The van der Waals surface area contributed by atoms with Gasteiger partial charge in [-0.3, -0.25) is 9.59 Å². The van der Waals surface area contributed by atoms with Gasteiger partial charge in [0.15, 0.2) is 4.80 Å². The molecule has 28 heavy (non-hydrogen) atoms. The van der Waals surface area contributed by atoms with E-state index in [9.17, 15) is 9.59 Å². The molecule has 8 heteroatoms. The van der Waals surface area contributed by atoms with Crippen LogP contribution in [0.5, 0.6) is 5.75 Å². The standard InChI is InChI=1S/C20H19ClN2O4S/c1-4-27-14-7-5-13(6-8-14)19(25)22-20-23(11-17(24)26-3)18-12(2)15(21)9-10-16(18)28-20/h5-10H,4,11H2,1-3H3. The molecule has 0 aliphatic carbocycles. The number of hydrogen-bond acceptors (Lipinski definition) is 5. The third-order valence-electron chi connectivity index (χ3n) is 4.15. The van der Waals surface area contributed by atoms with Gasteiger partial charge in [-0.15, -0.1) is 0 Å². The van der Waals surface area contributed by atoms with Gasteiger partial charge in [-0.25, -0.2) is 0 Å². The molecule has 0 N–H and O–H groups in total. The van der Waals surface area contributed by atoms with Crippen molar-refractivity contribution in [2.75, 3.05) is 13.7 Å². The minimum Gasteiger partial charge on any atom is -0.494 e. The Balaban J connectivity index is 2.10. The van der Waals surface area contributed by atoms with Crippen LogP contribution in [-0.2, 0) is 16.1 Å². The van der Waals surface area contributed by atoms with E-state index in [1.54, 1.807) is 34.9 Å². The van der Waals surface area contributed by atoms with Crippen LogP contribution in [0.25, 0.3) is 10.2 Å². The van der Waals surface area contributed by atoms with Gasteiger partial charge >= 0.3 is 5.97 Å². The molecule has 0 aliphatic rings. The number of nitrogens with zero attached hydrogens (tertiary/aromatic N) is 2. The molecule has 3 aromatic rings. The number of hydrogen-bond donors (Lipinski definition) is 0. The Kier molecular flexibility index (Phi) is 6.16. The molecule has 0 fully saturated rings. The quantitative estimate of drug-likeness (QED) is 0.588. The van der Waals surface area contributed by atoms with Gasteiger partial charge in [-0.1, -0.05) is 22.9 Å². The van der Waals surface area contributed by atoms with Crippen molar-refractivity contribution in [3.8, 4) is 5.75 Å². The van der Waals surface area contributed by atoms with Crippen LogP contribution in [0.1, 0.15) is 22.8 Å². The Morgan fingerprint density at radius 2 is 1.89 bits per heavy atom. The van der Waals surface area contributed by atoms with Crippen molar-refractivity contribution in [2.45, 2.75) is 20.4 Å². The molecule has 0 spiro atoms. The number of thiazole rings is 1. The lowest BCUT2D eigenvalue weighted by Gasteiger charge is -2.07. The number of benzene rings is 2. The molecule has 3 rings (SSSR count). The molecule has 0 radical (unpaired) electrons. The monoisotopic (exact) mass is 418 g/mol. The second kappa shape index (κ2) is 8.58. The van der Waals surface area contributed by atoms with E-state index in [4.69, 9.17) is 21.1 Å². The fraction of sp³-hybridized carbons (Fsp3) is 0.250. The molecular weight excluding hydrogens is 400 g/mol. The first-order valence-electron chi connectivity index (χ1n) is 8.61. The Labute approximate surface area is 171 Å². The molecular formula is C20H19ClN2O4S. The lowest BCUT2D eigenvalue weighted by molar-refractivity contribution is -0.141. The Bertz CT molecular complexity index is 1100. The Morgan fingerprint density at radius 1 is 1.18 bits per heavy atom. The van der Waals surface area contributed by atoms with E-state index in [2.05, 4.69) is 4.99 Å². The van der Waals surface area contributed by atoms with Crippen molar-refractivity contribution in [2.24, 2.45) is 4.99 Å². The SMILES string of the molecule is CCOc1ccc(C(=O)N=c2sc3ccc(Cl)c(C)c3n2CC(=O)OC)cc1. The molecule has 0 aliphatic heterocycles. The molecule has 1 heterocycles. The normalized spacial score (nSPS) is 11.6. The summed E-state index contributed by atoms with van der Waals surface area (Å²) in [6.07, 6.45) is 0. The van der Waals surface area contributed by atoms with Gasteiger partial charge in [0.2, 0.25) is 0 Å². The summed E-state index contributed by atoms with van der Waals surface area (Å²) in [5, 5.41) is 0.577. The number of carbonyl (C=O) groups excluding carboxylic acids is 2. The number of fused-ring (bicyclic) bond motifs is 1. The van der Waals surface area contributed by atoms with Crippen molar-refractivity contribution in [1.29, 1.82) is 0 Å². The molecule has 0 bridgehead atoms. The van der Waals surface area contributed by atoms with Crippen LogP contribution in [0.3, 0.4) is 0 Å². The fourth-order valence-electron chi connectivity index (χ4n) is 2.75. The number of aryl methyl sites for hydroxylation is 1. The lowest BCUT2D eigenvalue weighted by atomic mass is 10.2. The maximum atomic E-state index is 12.7. The fourth-order valence-corrected chi connectivity index (χ4v) is 3.99. The maximum absolute atomic E-state index is 12.7. The van der Waals surface area contributed by atoms with E-state index in [1.165, 1.54) is 18.4 Å².